The molecule has 24 heavy (non-hydrogen) atoms. The third-order valence-corrected chi connectivity index (χ3v) is 3.02. The van der Waals surface area contributed by atoms with Gasteiger partial charge in [-0.15, -0.1) is 0 Å². The van der Waals surface area contributed by atoms with Crippen LogP contribution in [0.25, 0.3) is 0 Å². The highest BCUT2D eigenvalue weighted by Crippen LogP contribution is 2.06. The number of aromatic carboxylic acids is 1. The predicted molar refractivity (Wildman–Crippen MR) is 95.1 cm³/mol. The number of alkyl carbamates (subject to hydrolysis) is 1. The molecule has 0 fully saturated rings. The van der Waals surface area contributed by atoms with E-state index in [-0.39, 0.29) is 5.56 Å². The van der Waals surface area contributed by atoms with E-state index in [1.54, 1.807) is 45.0 Å². The minimum absolute atomic E-state index is 0.243. The third-order valence-electron chi connectivity index (χ3n) is 2.73. The van der Waals surface area contributed by atoms with Crippen molar-refractivity contribution in [3.63, 3.8) is 0 Å². The quantitative estimate of drug-likeness (QED) is 0.458. The van der Waals surface area contributed by atoms with Gasteiger partial charge in [-0.2, -0.15) is 0 Å². The highest BCUT2D eigenvalue weighted by Gasteiger charge is 2.15. The molecule has 8 heteroatoms. The molecule has 1 aromatic rings. The van der Waals surface area contributed by atoms with Crippen molar-refractivity contribution in [1.29, 1.82) is 0 Å². The molecule has 0 radical (unpaired) electrons. The van der Waals surface area contributed by atoms with Gasteiger partial charge < -0.3 is 25.8 Å². The summed E-state index contributed by atoms with van der Waals surface area (Å²) in [5, 5.41) is 17.9. The van der Waals surface area contributed by atoms with Crippen molar-refractivity contribution >= 4 is 29.4 Å². The van der Waals surface area contributed by atoms with Crippen LogP contribution >= 0.6 is 12.2 Å². The molecule has 0 aliphatic rings. The summed E-state index contributed by atoms with van der Waals surface area (Å²) in [4.78, 5) is 22.2. The van der Waals surface area contributed by atoms with E-state index >= 15 is 0 Å². The summed E-state index contributed by atoms with van der Waals surface area (Å²) in [7, 11) is 0. The van der Waals surface area contributed by atoms with Gasteiger partial charge in [0.15, 0.2) is 5.11 Å². The molecule has 0 saturated heterocycles. The summed E-state index contributed by atoms with van der Waals surface area (Å²) in [5.41, 5.74) is 0.633. The Labute approximate surface area is 146 Å². The molecule has 4 N–H and O–H groups in total. The monoisotopic (exact) mass is 353 g/mol. The zero-order valence-corrected chi connectivity index (χ0v) is 14.8. The number of rotatable bonds is 6. The number of amides is 1. The molecule has 0 atom stereocenters. The SMILES string of the molecule is CC(C)(C)OC(=O)NCCNC(=S)NCc1ccc(C(=O)O)cc1. The molecule has 0 spiro atoms. The van der Waals surface area contributed by atoms with Crippen LogP contribution in [0.2, 0.25) is 0 Å². The Bertz CT molecular complexity index is 582. The number of carboxylic acids is 1. The van der Waals surface area contributed by atoms with Gasteiger partial charge in [0.05, 0.1) is 5.56 Å². The van der Waals surface area contributed by atoms with Crippen molar-refractivity contribution in [3.8, 4) is 0 Å². The Hall–Kier alpha value is -2.35. The van der Waals surface area contributed by atoms with E-state index in [0.29, 0.717) is 24.7 Å². The van der Waals surface area contributed by atoms with Crippen LogP contribution in [0, 0.1) is 0 Å². The van der Waals surface area contributed by atoms with Crippen molar-refractivity contribution in [2.45, 2.75) is 32.9 Å². The molecule has 0 bridgehead atoms. The van der Waals surface area contributed by atoms with Crippen molar-refractivity contribution in [3.05, 3.63) is 35.4 Å². The van der Waals surface area contributed by atoms with Crippen molar-refractivity contribution in [2.24, 2.45) is 0 Å². The molecule has 0 heterocycles. The van der Waals surface area contributed by atoms with Crippen molar-refractivity contribution in [1.82, 2.24) is 16.0 Å². The standard InChI is InChI=1S/C16H23N3O4S/c1-16(2,3)23-15(22)18-9-8-17-14(24)19-10-11-4-6-12(7-5-11)13(20)21/h4-7H,8-10H2,1-3H3,(H,18,22)(H,20,21)(H2,17,19,24). The molecule has 0 unspecified atom stereocenters. The first kappa shape index (κ1) is 19.7. The summed E-state index contributed by atoms with van der Waals surface area (Å²) in [5.74, 6) is -0.954. The Morgan fingerprint density at radius 2 is 1.67 bits per heavy atom. The maximum absolute atomic E-state index is 11.4. The average Bonchev–Trinajstić information content (AvgIpc) is 2.48. The lowest BCUT2D eigenvalue weighted by molar-refractivity contribution is 0.0528. The first-order chi connectivity index (χ1) is 11.2. The summed E-state index contributed by atoms with van der Waals surface area (Å²) in [6.45, 7) is 6.71. The largest absolute Gasteiger partial charge is 0.478 e. The van der Waals surface area contributed by atoms with Gasteiger partial charge in [0.2, 0.25) is 0 Å². The average molecular weight is 353 g/mol. The summed E-state index contributed by atoms with van der Waals surface area (Å²) in [6.07, 6.45) is -0.471. The number of hydrogen-bond donors (Lipinski definition) is 4. The maximum Gasteiger partial charge on any atom is 0.407 e. The molecule has 132 valence electrons. The fraction of sp³-hybridized carbons (Fsp3) is 0.438. The van der Waals surface area contributed by atoms with Gasteiger partial charge in [0.25, 0.3) is 0 Å². The molecule has 1 amide bonds. The van der Waals surface area contributed by atoms with Gasteiger partial charge in [0, 0.05) is 19.6 Å². The van der Waals surface area contributed by atoms with Crippen LogP contribution in [0.3, 0.4) is 0 Å². The van der Waals surface area contributed by atoms with E-state index in [1.165, 1.54) is 0 Å². The molecule has 0 saturated carbocycles. The van der Waals surface area contributed by atoms with Crippen LogP contribution in [0.15, 0.2) is 24.3 Å². The molecule has 7 nitrogen and oxygen atoms in total. The second-order valence-corrected chi connectivity index (χ2v) is 6.45. The van der Waals surface area contributed by atoms with E-state index in [9.17, 15) is 9.59 Å². The van der Waals surface area contributed by atoms with Gasteiger partial charge in [-0.25, -0.2) is 9.59 Å². The minimum Gasteiger partial charge on any atom is -0.478 e. The van der Waals surface area contributed by atoms with E-state index in [1.807, 2.05) is 0 Å². The fourth-order valence-corrected chi connectivity index (χ4v) is 1.84. The second kappa shape index (κ2) is 9.07. The molecular formula is C16H23N3O4S. The minimum atomic E-state index is -0.954. The van der Waals surface area contributed by atoms with Crippen LogP contribution in [0.1, 0.15) is 36.7 Å². The van der Waals surface area contributed by atoms with Gasteiger partial charge in [-0.3, -0.25) is 0 Å². The first-order valence-corrected chi connectivity index (χ1v) is 7.89. The lowest BCUT2D eigenvalue weighted by Crippen LogP contribution is -2.41. The molecule has 1 rings (SSSR count). The number of carbonyl (C=O) groups is 2. The molecule has 0 aliphatic heterocycles. The lowest BCUT2D eigenvalue weighted by atomic mass is 10.1. The van der Waals surface area contributed by atoms with Gasteiger partial charge in [-0.05, 0) is 50.7 Å². The second-order valence-electron chi connectivity index (χ2n) is 6.04. The molecule has 0 aliphatic carbocycles. The van der Waals surface area contributed by atoms with Crippen LogP contribution in [0.4, 0.5) is 4.79 Å². The third kappa shape index (κ3) is 8.33. The van der Waals surface area contributed by atoms with Crippen molar-refractivity contribution in [2.75, 3.05) is 13.1 Å². The maximum atomic E-state index is 11.4. The van der Waals surface area contributed by atoms with Crippen LogP contribution in [-0.2, 0) is 11.3 Å². The van der Waals surface area contributed by atoms with Crippen LogP contribution in [-0.4, -0.2) is 41.0 Å². The molecular weight excluding hydrogens is 330 g/mol. The molecule has 1 aromatic carbocycles. The Morgan fingerprint density at radius 3 is 2.21 bits per heavy atom. The first-order valence-electron chi connectivity index (χ1n) is 7.48. The van der Waals surface area contributed by atoms with Crippen LogP contribution < -0.4 is 16.0 Å². The summed E-state index contributed by atoms with van der Waals surface area (Å²) >= 11 is 5.13. The highest BCUT2D eigenvalue weighted by atomic mass is 32.1. The number of ether oxygens (including phenoxy) is 1. The van der Waals surface area contributed by atoms with Crippen molar-refractivity contribution < 1.29 is 19.4 Å². The van der Waals surface area contributed by atoms with E-state index in [2.05, 4.69) is 16.0 Å². The smallest absolute Gasteiger partial charge is 0.407 e. The number of carbonyl (C=O) groups excluding carboxylic acids is 1. The van der Waals surface area contributed by atoms with Gasteiger partial charge in [0.1, 0.15) is 5.60 Å². The number of nitrogens with one attached hydrogen (secondary N) is 3. The normalized spacial score (nSPS) is 10.6. The van der Waals surface area contributed by atoms with Gasteiger partial charge in [-0.1, -0.05) is 12.1 Å². The zero-order chi connectivity index (χ0) is 18.2. The zero-order valence-electron chi connectivity index (χ0n) is 14.0. The molecule has 0 aromatic heterocycles. The highest BCUT2D eigenvalue weighted by molar-refractivity contribution is 7.80. The lowest BCUT2D eigenvalue weighted by Gasteiger charge is -2.19. The van der Waals surface area contributed by atoms with E-state index in [0.717, 1.165) is 5.56 Å². The Balaban J connectivity index is 2.20. The van der Waals surface area contributed by atoms with E-state index in [4.69, 9.17) is 22.1 Å². The fourth-order valence-electron chi connectivity index (χ4n) is 1.66. The van der Waals surface area contributed by atoms with Crippen LogP contribution in [0.5, 0.6) is 0 Å². The summed E-state index contributed by atoms with van der Waals surface area (Å²) in [6, 6.07) is 6.54. The summed E-state index contributed by atoms with van der Waals surface area (Å²) < 4.78 is 5.11. The number of thiocarbonyl (C=S) groups is 1. The topological polar surface area (TPSA) is 99.7 Å². The predicted octanol–water partition coefficient (Wildman–Crippen LogP) is 1.87. The Kier molecular flexibility index (Phi) is 7.44. The Morgan fingerprint density at radius 1 is 1.08 bits per heavy atom. The van der Waals surface area contributed by atoms with E-state index < -0.39 is 17.7 Å². The van der Waals surface area contributed by atoms with Gasteiger partial charge >= 0.3 is 12.1 Å². The number of benzene rings is 1. The number of carboxylic acid groups (broad SMARTS) is 1. The number of hydrogen-bond acceptors (Lipinski definition) is 4.